The standard InChI is InChI=1S/C12H21N3/c1-10(14-9-8-13)11-4-6-12(7-5-11)15(2)3/h4-7,10,14H,8-9,13H2,1-3H3. The molecule has 1 aromatic carbocycles. The Labute approximate surface area is 92.3 Å². The molecule has 0 aliphatic rings. The zero-order valence-corrected chi connectivity index (χ0v) is 9.83. The number of hydrogen-bond donors (Lipinski definition) is 2. The Hall–Kier alpha value is -1.06. The van der Waals surface area contributed by atoms with Crippen LogP contribution in [0.1, 0.15) is 18.5 Å². The minimum absolute atomic E-state index is 0.366. The van der Waals surface area contributed by atoms with Crippen LogP contribution < -0.4 is 16.0 Å². The maximum atomic E-state index is 5.45. The quantitative estimate of drug-likeness (QED) is 0.766. The average Bonchev–Trinajstić information content (AvgIpc) is 2.26. The Morgan fingerprint density at radius 2 is 1.87 bits per heavy atom. The van der Waals surface area contributed by atoms with Gasteiger partial charge in [-0.05, 0) is 24.6 Å². The summed E-state index contributed by atoms with van der Waals surface area (Å²) in [6.07, 6.45) is 0. The van der Waals surface area contributed by atoms with Crippen molar-refractivity contribution in [1.29, 1.82) is 0 Å². The van der Waals surface area contributed by atoms with Gasteiger partial charge < -0.3 is 16.0 Å². The number of nitrogens with one attached hydrogen (secondary N) is 1. The Morgan fingerprint density at radius 1 is 1.27 bits per heavy atom. The van der Waals surface area contributed by atoms with Crippen molar-refractivity contribution in [3.8, 4) is 0 Å². The molecule has 1 aromatic rings. The van der Waals surface area contributed by atoms with Crippen LogP contribution in [0.3, 0.4) is 0 Å². The molecule has 1 atom stereocenters. The van der Waals surface area contributed by atoms with Gasteiger partial charge in [0.05, 0.1) is 0 Å². The average molecular weight is 207 g/mol. The molecule has 0 spiro atoms. The molecule has 0 heterocycles. The fourth-order valence-electron chi connectivity index (χ4n) is 1.48. The van der Waals surface area contributed by atoms with Crippen molar-refractivity contribution in [2.24, 2.45) is 5.73 Å². The van der Waals surface area contributed by atoms with Gasteiger partial charge >= 0.3 is 0 Å². The van der Waals surface area contributed by atoms with Crippen molar-refractivity contribution in [2.75, 3.05) is 32.1 Å². The third kappa shape index (κ3) is 3.53. The fraction of sp³-hybridized carbons (Fsp3) is 0.500. The molecule has 3 heteroatoms. The molecule has 0 amide bonds. The van der Waals surface area contributed by atoms with Crippen LogP contribution in [0.5, 0.6) is 0 Å². The van der Waals surface area contributed by atoms with E-state index in [9.17, 15) is 0 Å². The highest BCUT2D eigenvalue weighted by Crippen LogP contribution is 2.17. The predicted octanol–water partition coefficient (Wildman–Crippen LogP) is 1.36. The van der Waals surface area contributed by atoms with Crippen molar-refractivity contribution in [3.63, 3.8) is 0 Å². The Kier molecular flexibility index (Phi) is 4.59. The van der Waals surface area contributed by atoms with Crippen molar-refractivity contribution < 1.29 is 0 Å². The van der Waals surface area contributed by atoms with E-state index in [1.165, 1.54) is 11.3 Å². The molecular weight excluding hydrogens is 186 g/mol. The van der Waals surface area contributed by atoms with E-state index in [1.54, 1.807) is 0 Å². The van der Waals surface area contributed by atoms with E-state index in [4.69, 9.17) is 5.73 Å². The molecule has 0 radical (unpaired) electrons. The molecule has 0 aromatic heterocycles. The topological polar surface area (TPSA) is 41.3 Å². The normalized spacial score (nSPS) is 12.5. The molecule has 0 aliphatic carbocycles. The number of nitrogens with zero attached hydrogens (tertiary/aromatic N) is 1. The van der Waals surface area contributed by atoms with Gasteiger partial charge in [-0.2, -0.15) is 0 Å². The lowest BCUT2D eigenvalue weighted by molar-refractivity contribution is 0.582. The fourth-order valence-corrected chi connectivity index (χ4v) is 1.48. The summed E-state index contributed by atoms with van der Waals surface area (Å²) in [7, 11) is 4.09. The van der Waals surface area contributed by atoms with Gasteiger partial charge in [0.1, 0.15) is 0 Å². The third-order valence-electron chi connectivity index (χ3n) is 2.50. The van der Waals surface area contributed by atoms with Crippen molar-refractivity contribution in [2.45, 2.75) is 13.0 Å². The lowest BCUT2D eigenvalue weighted by atomic mass is 10.1. The van der Waals surface area contributed by atoms with Crippen LogP contribution >= 0.6 is 0 Å². The highest BCUT2D eigenvalue weighted by molar-refractivity contribution is 5.46. The second-order valence-corrected chi connectivity index (χ2v) is 3.95. The molecule has 0 saturated heterocycles. The number of benzene rings is 1. The van der Waals surface area contributed by atoms with Crippen LogP contribution in [0.15, 0.2) is 24.3 Å². The molecular formula is C12H21N3. The smallest absolute Gasteiger partial charge is 0.0361 e. The summed E-state index contributed by atoms with van der Waals surface area (Å²) >= 11 is 0. The molecule has 0 fully saturated rings. The number of rotatable bonds is 5. The number of nitrogens with two attached hydrogens (primary N) is 1. The SMILES string of the molecule is CC(NCCN)c1ccc(N(C)C)cc1. The Bertz CT molecular complexity index is 279. The number of anilines is 1. The first-order valence-electron chi connectivity index (χ1n) is 5.36. The number of hydrogen-bond acceptors (Lipinski definition) is 3. The summed E-state index contributed by atoms with van der Waals surface area (Å²) in [5.41, 5.74) is 7.98. The molecule has 15 heavy (non-hydrogen) atoms. The van der Waals surface area contributed by atoms with Crippen LogP contribution in [0.2, 0.25) is 0 Å². The molecule has 3 N–H and O–H groups in total. The molecule has 0 bridgehead atoms. The molecule has 0 saturated carbocycles. The van der Waals surface area contributed by atoms with E-state index < -0.39 is 0 Å². The van der Waals surface area contributed by atoms with Gasteiger partial charge in [0.15, 0.2) is 0 Å². The molecule has 84 valence electrons. The summed E-state index contributed by atoms with van der Waals surface area (Å²) in [4.78, 5) is 2.10. The van der Waals surface area contributed by atoms with E-state index in [-0.39, 0.29) is 0 Å². The first-order chi connectivity index (χ1) is 7.15. The second-order valence-electron chi connectivity index (χ2n) is 3.95. The van der Waals surface area contributed by atoms with Crippen LogP contribution in [-0.4, -0.2) is 27.2 Å². The van der Waals surface area contributed by atoms with Gasteiger partial charge in [-0.3, -0.25) is 0 Å². The van der Waals surface area contributed by atoms with E-state index in [1.807, 2.05) is 14.1 Å². The molecule has 0 aliphatic heterocycles. The van der Waals surface area contributed by atoms with Crippen LogP contribution in [0.4, 0.5) is 5.69 Å². The molecule has 3 nitrogen and oxygen atoms in total. The summed E-state index contributed by atoms with van der Waals surface area (Å²) in [5, 5.41) is 3.36. The van der Waals surface area contributed by atoms with Crippen LogP contribution in [0.25, 0.3) is 0 Å². The van der Waals surface area contributed by atoms with E-state index in [0.717, 1.165) is 6.54 Å². The lowest BCUT2D eigenvalue weighted by Crippen LogP contribution is -2.25. The lowest BCUT2D eigenvalue weighted by Gasteiger charge is -2.16. The monoisotopic (exact) mass is 207 g/mol. The van der Waals surface area contributed by atoms with Gasteiger partial charge in [0.25, 0.3) is 0 Å². The predicted molar refractivity (Wildman–Crippen MR) is 66.2 cm³/mol. The van der Waals surface area contributed by atoms with E-state index >= 15 is 0 Å². The molecule has 1 unspecified atom stereocenters. The van der Waals surface area contributed by atoms with E-state index in [2.05, 4.69) is 41.4 Å². The Morgan fingerprint density at radius 3 is 2.33 bits per heavy atom. The third-order valence-corrected chi connectivity index (χ3v) is 2.50. The van der Waals surface area contributed by atoms with Gasteiger partial charge in [-0.1, -0.05) is 12.1 Å². The van der Waals surface area contributed by atoms with Crippen molar-refractivity contribution in [3.05, 3.63) is 29.8 Å². The zero-order valence-electron chi connectivity index (χ0n) is 9.83. The minimum atomic E-state index is 0.366. The molecule has 1 rings (SSSR count). The van der Waals surface area contributed by atoms with Crippen LogP contribution in [-0.2, 0) is 0 Å². The van der Waals surface area contributed by atoms with Crippen molar-refractivity contribution in [1.82, 2.24) is 5.32 Å². The first kappa shape index (κ1) is 12.0. The first-order valence-corrected chi connectivity index (χ1v) is 5.36. The highest BCUT2D eigenvalue weighted by atomic mass is 15.1. The second kappa shape index (κ2) is 5.73. The largest absolute Gasteiger partial charge is 0.378 e. The van der Waals surface area contributed by atoms with Crippen molar-refractivity contribution >= 4 is 5.69 Å². The zero-order chi connectivity index (χ0) is 11.3. The van der Waals surface area contributed by atoms with Gasteiger partial charge in [-0.25, -0.2) is 0 Å². The maximum Gasteiger partial charge on any atom is 0.0361 e. The Balaban J connectivity index is 2.62. The summed E-state index contributed by atoms with van der Waals surface area (Å²) in [6.45, 7) is 3.69. The van der Waals surface area contributed by atoms with Gasteiger partial charge in [-0.15, -0.1) is 0 Å². The van der Waals surface area contributed by atoms with Gasteiger partial charge in [0.2, 0.25) is 0 Å². The van der Waals surface area contributed by atoms with E-state index in [0.29, 0.717) is 12.6 Å². The van der Waals surface area contributed by atoms with Gasteiger partial charge in [0, 0.05) is 38.9 Å². The van der Waals surface area contributed by atoms with Crippen LogP contribution in [0, 0.1) is 0 Å². The minimum Gasteiger partial charge on any atom is -0.378 e. The summed E-state index contributed by atoms with van der Waals surface area (Å²) in [6, 6.07) is 8.95. The summed E-state index contributed by atoms with van der Waals surface area (Å²) < 4.78 is 0. The summed E-state index contributed by atoms with van der Waals surface area (Å²) in [5.74, 6) is 0. The maximum absolute atomic E-state index is 5.45. The highest BCUT2D eigenvalue weighted by Gasteiger charge is 2.03.